The van der Waals surface area contributed by atoms with Gasteiger partial charge >= 0.3 is 5.97 Å². The van der Waals surface area contributed by atoms with E-state index in [1.807, 2.05) is 19.9 Å². The summed E-state index contributed by atoms with van der Waals surface area (Å²) >= 11 is 0. The number of carbonyl (C=O) groups is 2. The summed E-state index contributed by atoms with van der Waals surface area (Å²) in [5.41, 5.74) is 3.21. The van der Waals surface area contributed by atoms with E-state index in [-0.39, 0.29) is 18.4 Å². The monoisotopic (exact) mass is 274 g/mol. The van der Waals surface area contributed by atoms with Gasteiger partial charge in [-0.25, -0.2) is 4.98 Å². The first-order valence-electron chi connectivity index (χ1n) is 6.67. The van der Waals surface area contributed by atoms with Crippen LogP contribution in [0.25, 0.3) is 11.0 Å². The number of nitrogens with zero attached hydrogens (tertiary/aromatic N) is 1. The van der Waals surface area contributed by atoms with Gasteiger partial charge in [0.1, 0.15) is 12.4 Å². The van der Waals surface area contributed by atoms with Crippen molar-refractivity contribution < 1.29 is 14.3 Å². The first kappa shape index (κ1) is 14.2. The topological polar surface area (TPSA) is 72.0 Å². The maximum absolute atomic E-state index is 12.0. The zero-order chi connectivity index (χ0) is 14.7. The number of fused-ring (bicyclic) bond motifs is 1. The van der Waals surface area contributed by atoms with Crippen LogP contribution in [-0.4, -0.2) is 21.7 Å². The predicted molar refractivity (Wildman–Crippen MR) is 75.5 cm³/mol. The minimum absolute atomic E-state index is 0.112. The number of imidazole rings is 1. The van der Waals surface area contributed by atoms with Gasteiger partial charge in [0.2, 0.25) is 0 Å². The first-order valence-corrected chi connectivity index (χ1v) is 6.67. The van der Waals surface area contributed by atoms with Gasteiger partial charge in [-0.05, 0) is 31.0 Å². The Bertz CT molecular complexity index is 658. The van der Waals surface area contributed by atoms with Crippen molar-refractivity contribution in [3.63, 3.8) is 0 Å². The number of hydrogen-bond donors (Lipinski definition) is 1. The number of aromatic amines is 1. The van der Waals surface area contributed by atoms with Gasteiger partial charge in [0.05, 0.1) is 11.0 Å². The number of Topliss-reactive ketones (excluding diaryl/α,β-unsaturated/α-hetero) is 1. The van der Waals surface area contributed by atoms with Crippen LogP contribution in [0.5, 0.6) is 0 Å². The van der Waals surface area contributed by atoms with E-state index in [0.717, 1.165) is 23.0 Å². The molecule has 0 amide bonds. The number of hydrogen-bond acceptors (Lipinski definition) is 4. The summed E-state index contributed by atoms with van der Waals surface area (Å²) in [6.45, 7) is 5.36. The summed E-state index contributed by atoms with van der Waals surface area (Å²) in [7, 11) is 0. The molecule has 0 aliphatic rings. The van der Waals surface area contributed by atoms with Gasteiger partial charge in [0.15, 0.2) is 5.78 Å². The molecular formula is C15H18N2O3. The SMILES string of the molecule is CCCC(=O)c1cc2nc(COC(C)=O)[nH]c2cc1C. The first-order chi connectivity index (χ1) is 9.51. The lowest BCUT2D eigenvalue weighted by molar-refractivity contribution is -0.142. The minimum Gasteiger partial charge on any atom is -0.458 e. The van der Waals surface area contributed by atoms with E-state index in [4.69, 9.17) is 4.74 Å². The molecule has 5 nitrogen and oxygen atoms in total. The van der Waals surface area contributed by atoms with Crippen LogP contribution < -0.4 is 0 Å². The summed E-state index contributed by atoms with van der Waals surface area (Å²) in [5.74, 6) is 0.367. The number of aromatic nitrogens is 2. The quantitative estimate of drug-likeness (QED) is 0.672. The second-order valence-corrected chi connectivity index (χ2v) is 4.82. The van der Waals surface area contributed by atoms with E-state index >= 15 is 0 Å². The van der Waals surface area contributed by atoms with Gasteiger partial charge in [-0.15, -0.1) is 0 Å². The van der Waals surface area contributed by atoms with Gasteiger partial charge in [-0.3, -0.25) is 9.59 Å². The number of nitrogens with one attached hydrogen (secondary N) is 1. The van der Waals surface area contributed by atoms with E-state index in [2.05, 4.69) is 9.97 Å². The van der Waals surface area contributed by atoms with E-state index < -0.39 is 0 Å². The van der Waals surface area contributed by atoms with Crippen LogP contribution in [0, 0.1) is 6.92 Å². The fraction of sp³-hybridized carbons (Fsp3) is 0.400. The van der Waals surface area contributed by atoms with Crippen LogP contribution in [0.2, 0.25) is 0 Å². The van der Waals surface area contributed by atoms with Gasteiger partial charge in [-0.2, -0.15) is 0 Å². The van der Waals surface area contributed by atoms with Crippen molar-refractivity contribution in [2.24, 2.45) is 0 Å². The molecule has 0 spiro atoms. The minimum atomic E-state index is -0.347. The third kappa shape index (κ3) is 3.04. The fourth-order valence-electron chi connectivity index (χ4n) is 2.12. The largest absolute Gasteiger partial charge is 0.458 e. The number of carbonyl (C=O) groups excluding carboxylic acids is 2. The lowest BCUT2D eigenvalue weighted by Crippen LogP contribution is -2.01. The van der Waals surface area contributed by atoms with Crippen LogP contribution in [0.3, 0.4) is 0 Å². The molecule has 1 aromatic carbocycles. The molecule has 20 heavy (non-hydrogen) atoms. The molecule has 2 rings (SSSR count). The van der Waals surface area contributed by atoms with Crippen molar-refractivity contribution in [3.05, 3.63) is 29.1 Å². The van der Waals surface area contributed by atoms with Crippen LogP contribution in [-0.2, 0) is 16.1 Å². The molecule has 0 saturated carbocycles. The normalized spacial score (nSPS) is 10.8. The highest BCUT2D eigenvalue weighted by Gasteiger charge is 2.12. The molecule has 1 aromatic heterocycles. The number of ketones is 1. The van der Waals surface area contributed by atoms with E-state index in [0.29, 0.717) is 17.8 Å². The number of benzene rings is 1. The molecule has 5 heteroatoms. The zero-order valence-corrected chi connectivity index (χ0v) is 11.9. The van der Waals surface area contributed by atoms with Crippen molar-refractivity contribution in [1.29, 1.82) is 0 Å². The molecule has 0 unspecified atom stereocenters. The molecule has 0 aliphatic carbocycles. The summed E-state index contributed by atoms with van der Waals surface area (Å²) in [6.07, 6.45) is 1.37. The highest BCUT2D eigenvalue weighted by atomic mass is 16.5. The lowest BCUT2D eigenvalue weighted by Gasteiger charge is -2.03. The number of esters is 1. The number of aryl methyl sites for hydroxylation is 1. The molecule has 0 atom stereocenters. The average molecular weight is 274 g/mol. The van der Waals surface area contributed by atoms with Crippen molar-refractivity contribution in [3.8, 4) is 0 Å². The van der Waals surface area contributed by atoms with Crippen LogP contribution in [0.1, 0.15) is 48.4 Å². The zero-order valence-electron chi connectivity index (χ0n) is 11.9. The molecule has 1 heterocycles. The molecule has 106 valence electrons. The second-order valence-electron chi connectivity index (χ2n) is 4.82. The van der Waals surface area contributed by atoms with Crippen molar-refractivity contribution in [1.82, 2.24) is 9.97 Å². The Hall–Kier alpha value is -2.17. The average Bonchev–Trinajstić information content (AvgIpc) is 2.77. The fourth-order valence-corrected chi connectivity index (χ4v) is 2.12. The molecule has 0 saturated heterocycles. The van der Waals surface area contributed by atoms with Crippen molar-refractivity contribution in [2.45, 2.75) is 40.2 Å². The highest BCUT2D eigenvalue weighted by molar-refractivity contribution is 6.00. The third-order valence-corrected chi connectivity index (χ3v) is 3.07. The Balaban J connectivity index is 2.33. The summed E-state index contributed by atoms with van der Waals surface area (Å²) < 4.78 is 4.90. The molecule has 2 aromatic rings. The van der Waals surface area contributed by atoms with Gasteiger partial charge in [-0.1, -0.05) is 6.92 Å². The number of ether oxygens (including phenoxy) is 1. The molecule has 0 bridgehead atoms. The number of H-pyrrole nitrogens is 1. The van der Waals surface area contributed by atoms with E-state index in [1.165, 1.54) is 6.92 Å². The molecule has 0 aliphatic heterocycles. The maximum Gasteiger partial charge on any atom is 0.303 e. The smallest absolute Gasteiger partial charge is 0.303 e. The van der Waals surface area contributed by atoms with Gasteiger partial charge in [0, 0.05) is 18.9 Å². The van der Waals surface area contributed by atoms with Crippen molar-refractivity contribution in [2.75, 3.05) is 0 Å². The van der Waals surface area contributed by atoms with Gasteiger partial charge in [0.25, 0.3) is 0 Å². The standard InChI is InChI=1S/C15H18N2O3/c1-4-5-14(19)11-7-13-12(6-9(11)2)16-15(17-13)8-20-10(3)18/h6-7H,4-5,8H2,1-3H3,(H,16,17). The van der Waals surface area contributed by atoms with Crippen LogP contribution >= 0.6 is 0 Å². The molecule has 0 radical (unpaired) electrons. The second kappa shape index (κ2) is 5.86. The Morgan fingerprint density at radius 3 is 2.75 bits per heavy atom. The molecule has 1 N–H and O–H groups in total. The Labute approximate surface area is 117 Å². The van der Waals surface area contributed by atoms with E-state index in [1.54, 1.807) is 6.07 Å². The van der Waals surface area contributed by atoms with Crippen LogP contribution in [0.4, 0.5) is 0 Å². The van der Waals surface area contributed by atoms with Crippen molar-refractivity contribution >= 4 is 22.8 Å². The Kier molecular flexibility index (Phi) is 4.17. The van der Waals surface area contributed by atoms with Crippen LogP contribution in [0.15, 0.2) is 12.1 Å². The maximum atomic E-state index is 12.0. The Morgan fingerprint density at radius 1 is 1.35 bits per heavy atom. The number of rotatable bonds is 5. The molecule has 0 fully saturated rings. The predicted octanol–water partition coefficient (Wildman–Crippen LogP) is 2.92. The Morgan fingerprint density at radius 2 is 2.10 bits per heavy atom. The third-order valence-electron chi connectivity index (χ3n) is 3.07. The molecular weight excluding hydrogens is 256 g/mol. The summed E-state index contributed by atoms with van der Waals surface area (Å²) in [4.78, 5) is 30.3. The lowest BCUT2D eigenvalue weighted by atomic mass is 10.0. The van der Waals surface area contributed by atoms with E-state index in [9.17, 15) is 9.59 Å². The summed E-state index contributed by atoms with van der Waals surface area (Å²) in [6, 6.07) is 3.71. The highest BCUT2D eigenvalue weighted by Crippen LogP contribution is 2.20. The summed E-state index contributed by atoms with van der Waals surface area (Å²) in [5, 5.41) is 0. The van der Waals surface area contributed by atoms with Gasteiger partial charge < -0.3 is 9.72 Å².